The fourth-order valence-electron chi connectivity index (χ4n) is 3.45. The predicted octanol–water partition coefficient (Wildman–Crippen LogP) is 7.36. The van der Waals surface area contributed by atoms with Crippen molar-refractivity contribution in [3.63, 3.8) is 0 Å². The number of rotatable bonds is 7. The first-order chi connectivity index (χ1) is 20.5. The Kier molecular flexibility index (Phi) is 30.5. The summed E-state index contributed by atoms with van der Waals surface area (Å²) in [4.78, 5) is 0. The summed E-state index contributed by atoms with van der Waals surface area (Å²) in [5.41, 5.74) is 0.417. The van der Waals surface area contributed by atoms with Crippen LogP contribution in [0.15, 0.2) is 121 Å². The molecule has 0 bridgehead atoms. The molecule has 4 aromatic rings. The molecule has 4 rings (SSSR count). The van der Waals surface area contributed by atoms with Gasteiger partial charge in [0.1, 0.15) is 0 Å². The average Bonchev–Trinajstić information content (AvgIpc) is 3.08. The molecule has 0 aromatic heterocycles. The van der Waals surface area contributed by atoms with Crippen molar-refractivity contribution in [2.45, 2.75) is 27.7 Å². The maximum atomic E-state index is 7.50. The van der Waals surface area contributed by atoms with E-state index in [2.05, 4.69) is 182 Å². The van der Waals surface area contributed by atoms with Crippen molar-refractivity contribution in [3.05, 3.63) is 154 Å². The molecule has 4 nitrogen and oxygen atoms in total. The summed E-state index contributed by atoms with van der Waals surface area (Å²) in [6, 6.07) is 44.2. The normalized spacial score (nSPS) is 9.07. The van der Waals surface area contributed by atoms with Gasteiger partial charge in [0.25, 0.3) is 0 Å². The van der Waals surface area contributed by atoms with E-state index in [1.54, 1.807) is 0 Å². The zero-order valence-corrected chi connectivity index (χ0v) is 28.2. The maximum Gasteiger partial charge on any atom is 0 e. The van der Waals surface area contributed by atoms with Crippen molar-refractivity contribution < 1.29 is 37.2 Å². The second-order valence-electron chi connectivity index (χ2n) is 9.30. The number of benzene rings is 4. The molecule has 0 N–H and O–H groups in total. The summed E-state index contributed by atoms with van der Waals surface area (Å²) in [5, 5.41) is 5.89. The van der Waals surface area contributed by atoms with Gasteiger partial charge >= 0.3 is 45.2 Å². The Morgan fingerprint density at radius 1 is 0.465 bits per heavy atom. The van der Waals surface area contributed by atoms with Crippen LogP contribution in [0.3, 0.4) is 0 Å². The van der Waals surface area contributed by atoms with Crippen LogP contribution in [0.2, 0.25) is 0 Å². The number of hydrogen-bond donors (Lipinski definition) is 0. The van der Waals surface area contributed by atoms with Crippen LogP contribution in [0.1, 0.15) is 27.7 Å². The van der Waals surface area contributed by atoms with Crippen molar-refractivity contribution in [3.8, 4) is 0 Å². The standard InChI is InChI=1S/C26H24P2.C6H13.4CO.V/c1-5-13-23(14-6-1)27(24-15-7-2-8-16-24)21-22-28(25-17-9-3-10-18-25)26-19-11-4-12-20-26;1-5-6(2,3)4;4*1-2;/h1-20H,21-22H2;5H,1-4H3;;;;;/q;-1;;;;;. The summed E-state index contributed by atoms with van der Waals surface area (Å²) in [7, 11) is -0.696. The van der Waals surface area contributed by atoms with Crippen LogP contribution in [0, 0.1) is 38.4 Å². The first-order valence-electron chi connectivity index (χ1n) is 12.9. The molecule has 0 fully saturated rings. The minimum absolute atomic E-state index is 0. The molecule has 0 spiro atoms. The average molecular weight is 647 g/mol. The van der Waals surface area contributed by atoms with Crippen molar-refractivity contribution in [2.75, 3.05) is 12.3 Å². The third-order valence-corrected chi connectivity index (χ3v) is 11.1. The molecule has 0 heterocycles. The summed E-state index contributed by atoms with van der Waals surface area (Å²) >= 11 is 0. The van der Waals surface area contributed by atoms with E-state index in [4.69, 9.17) is 18.6 Å². The minimum Gasteiger partial charge on any atom is -0.0622 e. The zero-order valence-electron chi connectivity index (χ0n) is 25.0. The van der Waals surface area contributed by atoms with Crippen LogP contribution in [0.5, 0.6) is 0 Å². The van der Waals surface area contributed by atoms with Gasteiger partial charge in [-0.25, -0.2) is 0 Å². The van der Waals surface area contributed by atoms with Gasteiger partial charge in [-0.15, -0.1) is 0 Å². The van der Waals surface area contributed by atoms with E-state index in [0.29, 0.717) is 5.41 Å². The molecule has 0 amide bonds. The minimum atomic E-state index is -0.348. The molecule has 1 radical (unpaired) electrons. The Morgan fingerprint density at radius 3 is 0.767 bits per heavy atom. The van der Waals surface area contributed by atoms with E-state index in [9.17, 15) is 0 Å². The molecular formula is C36H37O4P2V-. The molecule has 4 aromatic carbocycles. The van der Waals surface area contributed by atoms with Gasteiger partial charge in [-0.2, -0.15) is 12.3 Å². The third kappa shape index (κ3) is 19.2. The summed E-state index contributed by atoms with van der Waals surface area (Å²) < 4.78 is 30.0. The fourth-order valence-corrected chi connectivity index (χ4v) is 8.80. The molecule has 0 aliphatic carbocycles. The van der Waals surface area contributed by atoms with Crippen LogP contribution in [-0.2, 0) is 37.2 Å². The Labute approximate surface area is 273 Å². The predicted molar refractivity (Wildman–Crippen MR) is 173 cm³/mol. The smallest absolute Gasteiger partial charge is 0 e. The largest absolute Gasteiger partial charge is 0.0622 e. The van der Waals surface area contributed by atoms with E-state index >= 15 is 0 Å². The SMILES string of the molecule is C[CH-]C(C)(C)C.[C-]#[O+].[C-]#[O+].[C-]#[O+].[C-]#[O+].[V].c1ccc(P(CCP(c2ccccc2)c2ccccc2)c2ccccc2)cc1. The zero-order chi connectivity index (χ0) is 32.2. The molecule has 0 atom stereocenters. The van der Waals surface area contributed by atoms with Gasteiger partial charge in [0.15, 0.2) is 0 Å². The van der Waals surface area contributed by atoms with E-state index in [0.717, 1.165) is 0 Å². The molecule has 221 valence electrons. The van der Waals surface area contributed by atoms with Crippen LogP contribution in [-0.4, -0.2) is 12.3 Å². The molecule has 0 aliphatic rings. The quantitative estimate of drug-likeness (QED) is 0.114. The van der Waals surface area contributed by atoms with Gasteiger partial charge < -0.3 is 6.42 Å². The first kappa shape index (κ1) is 44.7. The second-order valence-corrected chi connectivity index (χ2v) is 14.0. The number of hydrogen-bond acceptors (Lipinski definition) is 0. The van der Waals surface area contributed by atoms with Gasteiger partial charge in [0, 0.05) is 18.6 Å². The molecule has 0 saturated heterocycles. The third-order valence-electron chi connectivity index (χ3n) is 5.68. The molecular weight excluding hydrogens is 609 g/mol. The Morgan fingerprint density at radius 2 is 0.628 bits per heavy atom. The second kappa shape index (κ2) is 29.4. The Bertz CT molecular complexity index is 1070. The van der Waals surface area contributed by atoms with Gasteiger partial charge in [-0.05, 0) is 49.4 Å². The summed E-state index contributed by atoms with van der Waals surface area (Å²) in [6.07, 6.45) is 4.60. The molecule has 0 aliphatic heterocycles. The molecule has 43 heavy (non-hydrogen) atoms. The monoisotopic (exact) mass is 646 g/mol. The van der Waals surface area contributed by atoms with E-state index in [1.165, 1.54) is 33.5 Å². The molecule has 7 heteroatoms. The first-order valence-corrected chi connectivity index (χ1v) is 15.9. The van der Waals surface area contributed by atoms with Gasteiger partial charge in [-0.3, -0.25) is 0 Å². The van der Waals surface area contributed by atoms with Gasteiger partial charge in [-0.1, -0.05) is 142 Å². The fraction of sp³-hybridized carbons (Fsp3) is 0.194. The topological polar surface area (TPSA) is 79.6 Å². The van der Waals surface area contributed by atoms with Crippen LogP contribution >= 0.6 is 15.8 Å². The maximum absolute atomic E-state index is 7.50. The Hall–Kier alpha value is -2.72. The summed E-state index contributed by atoms with van der Waals surface area (Å²) in [6.45, 7) is 26.6. The van der Waals surface area contributed by atoms with Crippen LogP contribution in [0.25, 0.3) is 0 Å². The molecule has 0 saturated carbocycles. The van der Waals surface area contributed by atoms with Crippen molar-refractivity contribution >= 4 is 37.1 Å². The summed E-state index contributed by atoms with van der Waals surface area (Å²) in [5.74, 6) is 0. The van der Waals surface area contributed by atoms with Crippen molar-refractivity contribution in [2.24, 2.45) is 5.41 Å². The van der Waals surface area contributed by atoms with Crippen molar-refractivity contribution in [1.29, 1.82) is 0 Å². The Balaban J connectivity index is -0.000000920. The molecule has 0 unspecified atom stereocenters. The van der Waals surface area contributed by atoms with E-state index in [1.807, 2.05) is 0 Å². The van der Waals surface area contributed by atoms with Crippen LogP contribution in [0.4, 0.5) is 0 Å². The van der Waals surface area contributed by atoms with Crippen molar-refractivity contribution in [1.82, 2.24) is 0 Å². The van der Waals surface area contributed by atoms with E-state index in [-0.39, 0.29) is 34.4 Å². The van der Waals surface area contributed by atoms with E-state index < -0.39 is 0 Å². The van der Waals surface area contributed by atoms with Gasteiger partial charge in [0.05, 0.1) is 0 Å². The van der Waals surface area contributed by atoms with Crippen LogP contribution < -0.4 is 21.2 Å². The van der Waals surface area contributed by atoms with Gasteiger partial charge in [0.2, 0.25) is 0 Å².